The number of hydrogen-bond donors (Lipinski definition) is 1. The van der Waals surface area contributed by atoms with Crippen molar-refractivity contribution >= 4 is 27.3 Å². The number of nitrogens with one attached hydrogen (secondary N) is 1. The van der Waals surface area contributed by atoms with Crippen molar-refractivity contribution in [2.24, 2.45) is 7.05 Å². The number of rotatable bonds is 3. The molecular formula is C11H12ClN3O2S. The molecule has 0 spiro atoms. The molecule has 0 aliphatic rings. The zero-order valence-electron chi connectivity index (χ0n) is 9.88. The molecule has 1 aromatic carbocycles. The minimum atomic E-state index is -3.72. The number of aryl methyl sites for hydroxylation is 2. The van der Waals surface area contributed by atoms with Crippen LogP contribution in [-0.4, -0.2) is 18.2 Å². The summed E-state index contributed by atoms with van der Waals surface area (Å²) in [6.45, 7) is 1.60. The van der Waals surface area contributed by atoms with Crippen LogP contribution in [0.2, 0.25) is 5.15 Å². The van der Waals surface area contributed by atoms with Gasteiger partial charge in [-0.05, 0) is 19.1 Å². The number of hydrogen-bond acceptors (Lipinski definition) is 3. The molecule has 1 heterocycles. The van der Waals surface area contributed by atoms with Crippen molar-refractivity contribution in [3.8, 4) is 0 Å². The van der Waals surface area contributed by atoms with Crippen molar-refractivity contribution in [2.45, 2.75) is 11.8 Å². The highest BCUT2D eigenvalue weighted by molar-refractivity contribution is 7.92. The molecule has 18 heavy (non-hydrogen) atoms. The zero-order valence-corrected chi connectivity index (χ0v) is 11.5. The van der Waals surface area contributed by atoms with Gasteiger partial charge in [0, 0.05) is 12.7 Å². The Kier molecular flexibility index (Phi) is 3.32. The molecule has 5 nitrogen and oxygen atoms in total. The Hall–Kier alpha value is -1.53. The maximum absolute atomic E-state index is 12.2. The first-order chi connectivity index (χ1) is 8.42. The predicted octanol–water partition coefficient (Wildman–Crippen LogP) is 2.18. The summed E-state index contributed by atoms with van der Waals surface area (Å²) in [5, 5.41) is 4.08. The van der Waals surface area contributed by atoms with Crippen LogP contribution >= 0.6 is 11.6 Å². The molecule has 1 N–H and O–H groups in total. The number of aromatic nitrogens is 2. The summed E-state index contributed by atoms with van der Waals surface area (Å²) in [7, 11) is -2.13. The molecular weight excluding hydrogens is 274 g/mol. The second-order valence-corrected chi connectivity index (χ2v) is 5.78. The third-order valence-corrected chi connectivity index (χ3v) is 4.47. The summed E-state index contributed by atoms with van der Waals surface area (Å²) in [6.07, 6.45) is 0. The van der Waals surface area contributed by atoms with Gasteiger partial charge in [-0.3, -0.25) is 9.40 Å². The van der Waals surface area contributed by atoms with E-state index in [1.807, 2.05) is 0 Å². The highest BCUT2D eigenvalue weighted by Crippen LogP contribution is 2.26. The summed E-state index contributed by atoms with van der Waals surface area (Å²) in [5.41, 5.74) is 0.850. The lowest BCUT2D eigenvalue weighted by molar-refractivity contribution is 0.600. The minimum absolute atomic E-state index is 0.00974. The summed E-state index contributed by atoms with van der Waals surface area (Å²) < 4.78 is 28.2. The van der Waals surface area contributed by atoms with Crippen molar-refractivity contribution in [1.29, 1.82) is 0 Å². The average Bonchev–Trinajstić information content (AvgIpc) is 2.54. The fourth-order valence-electron chi connectivity index (χ4n) is 1.63. The molecule has 96 valence electrons. The van der Waals surface area contributed by atoms with Crippen LogP contribution < -0.4 is 4.72 Å². The smallest absolute Gasteiger partial charge is 0.266 e. The van der Waals surface area contributed by atoms with Gasteiger partial charge >= 0.3 is 0 Å². The molecule has 2 rings (SSSR count). The number of benzene rings is 1. The predicted molar refractivity (Wildman–Crippen MR) is 70.2 cm³/mol. The molecule has 0 aliphatic heterocycles. The van der Waals surface area contributed by atoms with Crippen LogP contribution in [0, 0.1) is 6.92 Å². The van der Waals surface area contributed by atoms with Gasteiger partial charge in [-0.1, -0.05) is 29.8 Å². The van der Waals surface area contributed by atoms with E-state index < -0.39 is 10.0 Å². The molecule has 0 atom stereocenters. The van der Waals surface area contributed by atoms with Crippen molar-refractivity contribution < 1.29 is 8.42 Å². The van der Waals surface area contributed by atoms with E-state index in [1.54, 1.807) is 44.3 Å². The first kappa shape index (κ1) is 12.9. The Morgan fingerprint density at radius 1 is 1.28 bits per heavy atom. The SMILES string of the molecule is Cc1nn(C)c(Cl)c1S(=O)(=O)Nc1ccccc1. The summed E-state index contributed by atoms with van der Waals surface area (Å²) in [5.74, 6) is 0. The number of anilines is 1. The van der Waals surface area contributed by atoms with E-state index in [4.69, 9.17) is 11.6 Å². The quantitative estimate of drug-likeness (QED) is 0.940. The van der Waals surface area contributed by atoms with Gasteiger partial charge < -0.3 is 0 Å². The lowest BCUT2D eigenvalue weighted by Gasteiger charge is -2.07. The molecule has 0 fully saturated rings. The minimum Gasteiger partial charge on any atom is -0.279 e. The fraction of sp³-hybridized carbons (Fsp3) is 0.182. The molecule has 0 aliphatic carbocycles. The van der Waals surface area contributed by atoms with E-state index in [9.17, 15) is 8.42 Å². The third-order valence-electron chi connectivity index (χ3n) is 2.39. The average molecular weight is 286 g/mol. The monoisotopic (exact) mass is 285 g/mol. The van der Waals surface area contributed by atoms with Gasteiger partial charge in [0.15, 0.2) is 0 Å². The van der Waals surface area contributed by atoms with Gasteiger partial charge in [0.2, 0.25) is 0 Å². The molecule has 0 bridgehead atoms. The fourth-order valence-corrected chi connectivity index (χ4v) is 3.44. The Morgan fingerprint density at radius 2 is 1.89 bits per heavy atom. The lowest BCUT2D eigenvalue weighted by atomic mass is 10.3. The first-order valence-corrected chi connectivity index (χ1v) is 7.05. The van der Waals surface area contributed by atoms with Gasteiger partial charge in [-0.25, -0.2) is 8.42 Å². The highest BCUT2D eigenvalue weighted by atomic mass is 35.5. The molecule has 0 radical (unpaired) electrons. The second-order valence-electron chi connectivity index (χ2n) is 3.80. The second kappa shape index (κ2) is 4.62. The first-order valence-electron chi connectivity index (χ1n) is 5.19. The van der Waals surface area contributed by atoms with Gasteiger partial charge in [0.25, 0.3) is 10.0 Å². The molecule has 0 unspecified atom stereocenters. The van der Waals surface area contributed by atoms with E-state index in [0.717, 1.165) is 0 Å². The van der Waals surface area contributed by atoms with Gasteiger partial charge in [-0.2, -0.15) is 5.10 Å². The van der Waals surface area contributed by atoms with Gasteiger partial charge in [0.1, 0.15) is 10.0 Å². The van der Waals surface area contributed by atoms with Crippen LogP contribution in [-0.2, 0) is 17.1 Å². The van der Waals surface area contributed by atoms with Crippen molar-refractivity contribution in [1.82, 2.24) is 9.78 Å². The molecule has 7 heteroatoms. The third kappa shape index (κ3) is 2.34. The number of sulfonamides is 1. The van der Waals surface area contributed by atoms with Crippen molar-refractivity contribution in [3.05, 3.63) is 41.2 Å². The molecule has 0 saturated heterocycles. The normalized spacial score (nSPS) is 11.5. The maximum Gasteiger partial charge on any atom is 0.266 e. The van der Waals surface area contributed by atoms with Gasteiger partial charge in [-0.15, -0.1) is 0 Å². The summed E-state index contributed by atoms with van der Waals surface area (Å²) >= 11 is 5.95. The van der Waals surface area contributed by atoms with Crippen LogP contribution in [0.5, 0.6) is 0 Å². The van der Waals surface area contributed by atoms with E-state index in [1.165, 1.54) is 4.68 Å². The van der Waals surface area contributed by atoms with Crippen LogP contribution in [0.15, 0.2) is 35.2 Å². The highest BCUT2D eigenvalue weighted by Gasteiger charge is 2.25. The van der Waals surface area contributed by atoms with Crippen LogP contribution in [0.3, 0.4) is 0 Å². The maximum atomic E-state index is 12.2. The molecule has 0 amide bonds. The number of halogens is 1. The van der Waals surface area contributed by atoms with Crippen LogP contribution in [0.25, 0.3) is 0 Å². The van der Waals surface area contributed by atoms with E-state index in [0.29, 0.717) is 11.4 Å². The van der Waals surface area contributed by atoms with Crippen molar-refractivity contribution in [2.75, 3.05) is 4.72 Å². The summed E-state index contributed by atoms with van der Waals surface area (Å²) in [4.78, 5) is 0.00974. The van der Waals surface area contributed by atoms with E-state index in [2.05, 4.69) is 9.82 Å². The number of nitrogens with zero attached hydrogens (tertiary/aromatic N) is 2. The van der Waals surface area contributed by atoms with Gasteiger partial charge in [0.05, 0.1) is 5.69 Å². The lowest BCUT2D eigenvalue weighted by Crippen LogP contribution is -2.13. The van der Waals surface area contributed by atoms with Crippen LogP contribution in [0.4, 0.5) is 5.69 Å². The Bertz CT molecular complexity index is 665. The largest absolute Gasteiger partial charge is 0.279 e. The van der Waals surface area contributed by atoms with E-state index >= 15 is 0 Å². The Morgan fingerprint density at radius 3 is 2.39 bits per heavy atom. The summed E-state index contributed by atoms with van der Waals surface area (Å²) in [6, 6.07) is 8.62. The molecule has 0 saturated carbocycles. The van der Waals surface area contributed by atoms with Crippen molar-refractivity contribution in [3.63, 3.8) is 0 Å². The van der Waals surface area contributed by atoms with Crippen LogP contribution in [0.1, 0.15) is 5.69 Å². The number of para-hydroxylation sites is 1. The molecule has 1 aromatic heterocycles. The Balaban J connectivity index is 2.43. The Labute approximate surface area is 110 Å². The standard InChI is InChI=1S/C11H12ClN3O2S/c1-8-10(11(12)15(2)13-8)18(16,17)14-9-6-4-3-5-7-9/h3-7,14H,1-2H3. The molecule has 2 aromatic rings. The van der Waals surface area contributed by atoms with E-state index in [-0.39, 0.29) is 10.0 Å². The zero-order chi connectivity index (χ0) is 13.3. The topological polar surface area (TPSA) is 64.0 Å².